The van der Waals surface area contributed by atoms with Crippen LogP contribution >= 0.6 is 0 Å². The Kier molecular flexibility index (Phi) is 4.94. The largest absolute Gasteiger partial charge is 0.377 e. The van der Waals surface area contributed by atoms with Crippen molar-refractivity contribution in [2.24, 2.45) is 0 Å². The Balaban J connectivity index is 3.65. The van der Waals surface area contributed by atoms with Crippen molar-refractivity contribution in [1.82, 2.24) is 4.90 Å². The second kappa shape index (κ2) is 5.23. The third-order valence-corrected chi connectivity index (χ3v) is 1.43. The molecule has 0 saturated heterocycles. The molecule has 0 amide bonds. The van der Waals surface area contributed by atoms with Gasteiger partial charge in [-0.3, -0.25) is 5.41 Å². The van der Waals surface area contributed by atoms with Gasteiger partial charge in [0.1, 0.15) is 12.4 Å². The van der Waals surface area contributed by atoms with Gasteiger partial charge >= 0.3 is 0 Å². The number of amidine groups is 1. The van der Waals surface area contributed by atoms with Crippen LogP contribution in [0.5, 0.6) is 0 Å². The number of likely N-dealkylation sites (N-methyl/N-ethyl adjacent to an activating group) is 1. The van der Waals surface area contributed by atoms with Crippen molar-refractivity contribution >= 4 is 5.84 Å². The Morgan fingerprint density at radius 3 is 2.20 bits per heavy atom. The van der Waals surface area contributed by atoms with E-state index in [2.05, 4.69) is 0 Å². The van der Waals surface area contributed by atoms with Crippen molar-refractivity contribution < 1.29 is 4.74 Å². The summed E-state index contributed by atoms with van der Waals surface area (Å²) in [6, 6.07) is 0. The molecule has 0 radical (unpaired) electrons. The van der Waals surface area contributed by atoms with Gasteiger partial charge in [-0.15, -0.1) is 0 Å². The van der Waals surface area contributed by atoms with Gasteiger partial charge in [0.05, 0.1) is 0 Å². The SMILES string of the molecule is CCN(CC)C(=N)COC. The molecule has 0 aliphatic heterocycles. The van der Waals surface area contributed by atoms with E-state index in [1.54, 1.807) is 7.11 Å². The lowest BCUT2D eigenvalue weighted by Gasteiger charge is -2.20. The number of methoxy groups -OCH3 is 1. The summed E-state index contributed by atoms with van der Waals surface area (Å²) in [5, 5.41) is 7.45. The van der Waals surface area contributed by atoms with Crippen LogP contribution in [0.25, 0.3) is 0 Å². The van der Waals surface area contributed by atoms with E-state index in [0.29, 0.717) is 12.4 Å². The highest BCUT2D eigenvalue weighted by Gasteiger charge is 2.02. The van der Waals surface area contributed by atoms with Gasteiger partial charge in [0.15, 0.2) is 0 Å². The van der Waals surface area contributed by atoms with Gasteiger partial charge in [0.2, 0.25) is 0 Å². The molecule has 0 aromatic heterocycles. The Morgan fingerprint density at radius 2 is 1.90 bits per heavy atom. The van der Waals surface area contributed by atoms with Crippen molar-refractivity contribution in [3.8, 4) is 0 Å². The fourth-order valence-electron chi connectivity index (χ4n) is 0.833. The molecule has 0 atom stereocenters. The topological polar surface area (TPSA) is 36.3 Å². The molecule has 0 bridgehead atoms. The minimum Gasteiger partial charge on any atom is -0.377 e. The summed E-state index contributed by atoms with van der Waals surface area (Å²) in [5.74, 6) is 0.563. The quantitative estimate of drug-likeness (QED) is 0.471. The number of nitrogens with zero attached hydrogens (tertiary/aromatic N) is 1. The maximum Gasteiger partial charge on any atom is 0.122 e. The molecule has 0 saturated carbocycles. The summed E-state index contributed by atoms with van der Waals surface area (Å²) < 4.78 is 4.82. The average Bonchev–Trinajstić information content (AvgIpc) is 1.91. The third kappa shape index (κ3) is 2.82. The summed E-state index contributed by atoms with van der Waals surface area (Å²) in [4.78, 5) is 1.96. The lowest BCUT2D eigenvalue weighted by molar-refractivity contribution is 0.230. The van der Waals surface area contributed by atoms with Crippen molar-refractivity contribution in [2.75, 3.05) is 26.8 Å². The monoisotopic (exact) mass is 144 g/mol. The van der Waals surface area contributed by atoms with E-state index in [9.17, 15) is 0 Å². The zero-order valence-corrected chi connectivity index (χ0v) is 6.98. The zero-order valence-electron chi connectivity index (χ0n) is 6.98. The first-order valence-electron chi connectivity index (χ1n) is 3.57. The van der Waals surface area contributed by atoms with Crippen LogP contribution in [0.1, 0.15) is 13.8 Å². The molecule has 0 aromatic rings. The lowest BCUT2D eigenvalue weighted by Crippen LogP contribution is -2.32. The number of nitrogens with one attached hydrogen (secondary N) is 1. The van der Waals surface area contributed by atoms with Crippen LogP contribution in [0, 0.1) is 5.41 Å². The molecule has 0 spiro atoms. The first-order valence-corrected chi connectivity index (χ1v) is 3.57. The van der Waals surface area contributed by atoms with Crippen LogP contribution < -0.4 is 0 Å². The Bertz CT molecular complexity index is 99.8. The van der Waals surface area contributed by atoms with Crippen molar-refractivity contribution in [3.05, 3.63) is 0 Å². The van der Waals surface area contributed by atoms with Gasteiger partial charge in [-0.25, -0.2) is 0 Å². The minimum absolute atomic E-state index is 0.418. The molecule has 0 unspecified atom stereocenters. The Labute approximate surface area is 62.5 Å². The highest BCUT2D eigenvalue weighted by Crippen LogP contribution is 1.88. The number of hydrogen-bond donors (Lipinski definition) is 1. The van der Waals surface area contributed by atoms with Crippen LogP contribution in [0.2, 0.25) is 0 Å². The maximum absolute atomic E-state index is 7.45. The molecule has 3 heteroatoms. The number of rotatable bonds is 4. The molecule has 10 heavy (non-hydrogen) atoms. The molecule has 0 rings (SSSR count). The van der Waals surface area contributed by atoms with E-state index in [4.69, 9.17) is 10.1 Å². The smallest absolute Gasteiger partial charge is 0.122 e. The van der Waals surface area contributed by atoms with E-state index in [-0.39, 0.29) is 0 Å². The molecule has 1 N–H and O–H groups in total. The van der Waals surface area contributed by atoms with Gasteiger partial charge < -0.3 is 9.64 Å². The summed E-state index contributed by atoms with van der Waals surface area (Å²) in [6.45, 7) is 6.26. The average molecular weight is 144 g/mol. The van der Waals surface area contributed by atoms with Crippen LogP contribution in [-0.2, 0) is 4.74 Å². The fraction of sp³-hybridized carbons (Fsp3) is 0.857. The van der Waals surface area contributed by atoms with Crippen LogP contribution in [-0.4, -0.2) is 37.5 Å². The molecule has 0 aliphatic rings. The van der Waals surface area contributed by atoms with E-state index in [1.807, 2.05) is 18.7 Å². The van der Waals surface area contributed by atoms with Gasteiger partial charge in [0.25, 0.3) is 0 Å². The van der Waals surface area contributed by atoms with E-state index >= 15 is 0 Å². The molecule has 0 aliphatic carbocycles. The van der Waals surface area contributed by atoms with Crippen molar-refractivity contribution in [2.45, 2.75) is 13.8 Å². The molecular weight excluding hydrogens is 128 g/mol. The highest BCUT2D eigenvalue weighted by atomic mass is 16.5. The van der Waals surface area contributed by atoms with Gasteiger partial charge in [-0.1, -0.05) is 0 Å². The molecule has 3 nitrogen and oxygen atoms in total. The van der Waals surface area contributed by atoms with Gasteiger partial charge in [0, 0.05) is 20.2 Å². The summed E-state index contributed by atoms with van der Waals surface area (Å²) in [6.07, 6.45) is 0. The Hall–Kier alpha value is -0.570. The lowest BCUT2D eigenvalue weighted by atomic mass is 10.4. The third-order valence-electron chi connectivity index (χ3n) is 1.43. The van der Waals surface area contributed by atoms with E-state index < -0.39 is 0 Å². The summed E-state index contributed by atoms with van der Waals surface area (Å²) >= 11 is 0. The van der Waals surface area contributed by atoms with Crippen LogP contribution in [0.4, 0.5) is 0 Å². The maximum atomic E-state index is 7.45. The summed E-state index contributed by atoms with van der Waals surface area (Å²) in [7, 11) is 1.61. The summed E-state index contributed by atoms with van der Waals surface area (Å²) in [5.41, 5.74) is 0. The highest BCUT2D eigenvalue weighted by molar-refractivity contribution is 5.80. The fourth-order valence-corrected chi connectivity index (χ4v) is 0.833. The number of hydrogen-bond acceptors (Lipinski definition) is 2. The molecule has 0 fully saturated rings. The van der Waals surface area contributed by atoms with Gasteiger partial charge in [-0.05, 0) is 13.8 Å². The first-order chi connectivity index (χ1) is 4.76. The molecule has 60 valence electrons. The molecule has 0 aromatic carbocycles. The first kappa shape index (κ1) is 9.43. The minimum atomic E-state index is 0.418. The van der Waals surface area contributed by atoms with Crippen molar-refractivity contribution in [1.29, 1.82) is 5.41 Å². The Morgan fingerprint density at radius 1 is 1.40 bits per heavy atom. The van der Waals surface area contributed by atoms with Gasteiger partial charge in [-0.2, -0.15) is 0 Å². The molecular formula is C7H16N2O. The standard InChI is InChI=1S/C7H16N2O/c1-4-9(5-2)7(8)6-10-3/h8H,4-6H2,1-3H3. The van der Waals surface area contributed by atoms with E-state index in [0.717, 1.165) is 13.1 Å². The van der Waals surface area contributed by atoms with E-state index in [1.165, 1.54) is 0 Å². The normalized spacial score (nSPS) is 9.50. The zero-order chi connectivity index (χ0) is 7.98. The predicted octanol–water partition coefficient (Wildman–Crippen LogP) is 0.952. The predicted molar refractivity (Wildman–Crippen MR) is 42.5 cm³/mol. The number of ether oxygens (including phenoxy) is 1. The second-order valence-corrected chi connectivity index (χ2v) is 2.05. The molecule has 0 heterocycles. The van der Waals surface area contributed by atoms with Crippen LogP contribution in [0.15, 0.2) is 0 Å². The van der Waals surface area contributed by atoms with Crippen LogP contribution in [0.3, 0.4) is 0 Å². The van der Waals surface area contributed by atoms with Crippen molar-refractivity contribution in [3.63, 3.8) is 0 Å². The second-order valence-electron chi connectivity index (χ2n) is 2.05.